The lowest BCUT2D eigenvalue weighted by Crippen LogP contribution is -2.19. The molecule has 3 heterocycles. The Hall–Kier alpha value is -4.73. The van der Waals surface area contributed by atoms with Gasteiger partial charge in [-0.15, -0.1) is 11.3 Å². The zero-order valence-corrected chi connectivity index (χ0v) is 24.2. The van der Waals surface area contributed by atoms with Gasteiger partial charge < -0.3 is 0 Å². The van der Waals surface area contributed by atoms with Crippen LogP contribution < -0.4 is 10.4 Å². The van der Waals surface area contributed by atoms with Gasteiger partial charge in [0.25, 0.3) is 5.56 Å². The molecule has 6 rings (SSSR count). The summed E-state index contributed by atoms with van der Waals surface area (Å²) in [6, 6.07) is 29.2. The van der Waals surface area contributed by atoms with Crippen LogP contribution in [0.4, 0.5) is 5.69 Å². The van der Waals surface area contributed by atoms with E-state index in [1.54, 1.807) is 20.3 Å². The van der Waals surface area contributed by atoms with Gasteiger partial charge in [0.15, 0.2) is 5.69 Å². The van der Waals surface area contributed by atoms with Gasteiger partial charge in [-0.1, -0.05) is 78.3 Å². The molecule has 41 heavy (non-hydrogen) atoms. The van der Waals surface area contributed by atoms with E-state index in [4.69, 9.17) is 21.7 Å². The van der Waals surface area contributed by atoms with Gasteiger partial charge in [-0.25, -0.2) is 19.0 Å². The first-order valence-corrected chi connectivity index (χ1v) is 14.2. The first-order chi connectivity index (χ1) is 19.9. The number of hydrogen-bond acceptors (Lipinski definition) is 5. The summed E-state index contributed by atoms with van der Waals surface area (Å²) in [5.74, 6) is 0. The molecule has 0 aliphatic heterocycles. The second-order valence-corrected chi connectivity index (χ2v) is 10.6. The molecular formula is C31H26ClN7OS. The fourth-order valence-electron chi connectivity index (χ4n) is 4.59. The van der Waals surface area contributed by atoms with Crippen molar-refractivity contribution in [2.75, 3.05) is 0 Å². The first kappa shape index (κ1) is 26.5. The molecule has 0 N–H and O–H groups in total. The predicted molar refractivity (Wildman–Crippen MR) is 165 cm³/mol. The van der Waals surface area contributed by atoms with Crippen LogP contribution in [0.25, 0.3) is 22.6 Å². The van der Waals surface area contributed by atoms with E-state index in [2.05, 4.69) is 5.10 Å². The van der Waals surface area contributed by atoms with Gasteiger partial charge in [0, 0.05) is 18.0 Å². The summed E-state index contributed by atoms with van der Waals surface area (Å²) in [7, 11) is 1.86. The average molecular weight is 580 g/mol. The second kappa shape index (κ2) is 11.0. The van der Waals surface area contributed by atoms with Crippen molar-refractivity contribution in [3.05, 3.63) is 134 Å². The molecule has 0 aliphatic carbocycles. The molecule has 0 aliphatic rings. The van der Waals surface area contributed by atoms with Gasteiger partial charge in [0.05, 0.1) is 40.2 Å². The number of aromatic nitrogens is 5. The number of nitrogens with zero attached hydrogens (tertiary/aromatic N) is 7. The third kappa shape index (κ3) is 4.90. The summed E-state index contributed by atoms with van der Waals surface area (Å²) in [6.45, 7) is 3.79. The van der Waals surface area contributed by atoms with Gasteiger partial charge in [-0.05, 0) is 38.1 Å². The van der Waals surface area contributed by atoms with Gasteiger partial charge in [-0.2, -0.15) is 10.2 Å². The fourth-order valence-corrected chi connectivity index (χ4v) is 5.75. The minimum absolute atomic E-state index is 0.204. The van der Waals surface area contributed by atoms with Crippen molar-refractivity contribution in [3.8, 4) is 22.6 Å². The van der Waals surface area contributed by atoms with E-state index < -0.39 is 0 Å². The van der Waals surface area contributed by atoms with Crippen LogP contribution in [0.1, 0.15) is 17.0 Å². The van der Waals surface area contributed by atoms with E-state index in [-0.39, 0.29) is 5.56 Å². The van der Waals surface area contributed by atoms with Gasteiger partial charge in [0.2, 0.25) is 4.80 Å². The van der Waals surface area contributed by atoms with E-state index in [0.717, 1.165) is 34.0 Å². The molecule has 0 bridgehead atoms. The third-order valence-corrected chi connectivity index (χ3v) is 8.02. The molecule has 0 fully saturated rings. The van der Waals surface area contributed by atoms with Crippen LogP contribution in [0.15, 0.2) is 111 Å². The molecule has 0 saturated heterocycles. The van der Waals surface area contributed by atoms with E-state index >= 15 is 0 Å². The van der Waals surface area contributed by atoms with E-state index in [9.17, 15) is 4.79 Å². The number of thiazole rings is 1. The second-order valence-electron chi connectivity index (χ2n) is 9.39. The molecule has 0 amide bonds. The molecule has 0 unspecified atom stereocenters. The van der Waals surface area contributed by atoms with E-state index in [1.807, 2.05) is 122 Å². The summed E-state index contributed by atoms with van der Waals surface area (Å²) in [6.07, 6.45) is 1.70. The van der Waals surface area contributed by atoms with E-state index in [0.29, 0.717) is 21.2 Å². The Kier molecular flexibility index (Phi) is 7.13. The van der Waals surface area contributed by atoms with Crippen LogP contribution in [0.5, 0.6) is 0 Å². The maximum Gasteiger partial charge on any atom is 0.297 e. The SMILES string of the molecule is Cc1nn(-c2ccccc2)c(Cl)c1C=Nn1c(-c2ccccc2)csc1=Nc1c(C)n(C)n(-c2ccccc2)c1=O. The molecular weight excluding hydrogens is 554 g/mol. The first-order valence-electron chi connectivity index (χ1n) is 12.9. The number of aryl methyl sites for hydroxylation is 1. The Balaban J connectivity index is 1.51. The molecule has 0 atom stereocenters. The minimum Gasteiger partial charge on any atom is -0.283 e. The zero-order valence-electron chi connectivity index (χ0n) is 22.6. The minimum atomic E-state index is -0.204. The summed E-state index contributed by atoms with van der Waals surface area (Å²) in [4.78, 5) is 19.0. The molecule has 3 aromatic heterocycles. The highest BCUT2D eigenvalue weighted by molar-refractivity contribution is 7.07. The van der Waals surface area contributed by atoms with Gasteiger partial charge >= 0.3 is 0 Å². The largest absolute Gasteiger partial charge is 0.297 e. The van der Waals surface area contributed by atoms with Crippen molar-refractivity contribution < 1.29 is 0 Å². The molecule has 8 nitrogen and oxygen atoms in total. The topological polar surface area (TPSA) is 74.4 Å². The fraction of sp³-hybridized carbons (Fsp3) is 0.0968. The highest BCUT2D eigenvalue weighted by atomic mass is 35.5. The molecule has 204 valence electrons. The van der Waals surface area contributed by atoms with Crippen molar-refractivity contribution in [2.24, 2.45) is 17.1 Å². The molecule has 6 aromatic rings. The lowest BCUT2D eigenvalue weighted by Gasteiger charge is -2.07. The smallest absolute Gasteiger partial charge is 0.283 e. The highest BCUT2D eigenvalue weighted by Crippen LogP contribution is 2.24. The van der Waals surface area contributed by atoms with Crippen LogP contribution in [-0.2, 0) is 7.05 Å². The quantitative estimate of drug-likeness (QED) is 0.218. The van der Waals surface area contributed by atoms with Crippen LogP contribution in [0.3, 0.4) is 0 Å². The molecule has 0 saturated carbocycles. The standard InChI is InChI=1S/C31H26ClN7OS/c1-21-26(29(32)37(35-21)24-15-9-5-10-16-24)19-33-38-27(23-13-7-4-8-14-23)20-41-31(38)34-28-22(2)36(3)39(30(28)40)25-17-11-6-12-18-25/h4-20H,1-3H3. The number of rotatable bonds is 6. The van der Waals surface area contributed by atoms with Crippen molar-refractivity contribution in [1.82, 2.24) is 23.8 Å². The normalized spacial score (nSPS) is 12.0. The predicted octanol–water partition coefficient (Wildman–Crippen LogP) is 6.28. The Morgan fingerprint density at radius 2 is 1.49 bits per heavy atom. The summed E-state index contributed by atoms with van der Waals surface area (Å²) < 4.78 is 6.87. The van der Waals surface area contributed by atoms with Crippen molar-refractivity contribution in [1.29, 1.82) is 0 Å². The van der Waals surface area contributed by atoms with Crippen molar-refractivity contribution >= 4 is 34.8 Å². The maximum absolute atomic E-state index is 13.6. The van der Waals surface area contributed by atoms with Crippen LogP contribution >= 0.6 is 22.9 Å². The number of benzene rings is 3. The number of para-hydroxylation sites is 2. The average Bonchev–Trinajstić information content (AvgIpc) is 3.60. The van der Waals surface area contributed by atoms with Crippen LogP contribution in [0.2, 0.25) is 5.15 Å². The summed E-state index contributed by atoms with van der Waals surface area (Å²) >= 11 is 8.19. The Bertz CT molecular complexity index is 2000. The van der Waals surface area contributed by atoms with Gasteiger partial charge in [-0.3, -0.25) is 9.48 Å². The molecule has 3 aromatic carbocycles. The number of hydrogen-bond donors (Lipinski definition) is 0. The lowest BCUT2D eigenvalue weighted by molar-refractivity contribution is 0.630. The summed E-state index contributed by atoms with van der Waals surface area (Å²) in [5, 5.41) is 11.9. The van der Waals surface area contributed by atoms with Crippen LogP contribution in [0, 0.1) is 13.8 Å². The Labute approximate surface area is 245 Å². The molecule has 0 radical (unpaired) electrons. The summed E-state index contributed by atoms with van der Waals surface area (Å²) in [5.41, 5.74) is 5.77. The maximum atomic E-state index is 13.6. The third-order valence-electron chi connectivity index (χ3n) is 6.84. The monoisotopic (exact) mass is 579 g/mol. The van der Waals surface area contributed by atoms with Crippen molar-refractivity contribution in [2.45, 2.75) is 13.8 Å². The Morgan fingerprint density at radius 1 is 0.878 bits per heavy atom. The van der Waals surface area contributed by atoms with E-state index in [1.165, 1.54) is 11.3 Å². The molecule has 0 spiro atoms. The van der Waals surface area contributed by atoms with Crippen molar-refractivity contribution in [3.63, 3.8) is 0 Å². The number of halogens is 1. The highest BCUT2D eigenvalue weighted by Gasteiger charge is 2.18. The van der Waals surface area contributed by atoms with Crippen LogP contribution in [-0.4, -0.2) is 30.0 Å². The van der Waals surface area contributed by atoms with Gasteiger partial charge in [0.1, 0.15) is 5.15 Å². The molecule has 10 heteroatoms. The lowest BCUT2D eigenvalue weighted by atomic mass is 10.2. The zero-order chi connectivity index (χ0) is 28.5. The Morgan fingerprint density at radius 3 is 2.15 bits per heavy atom.